The number of carboxylic acids is 1. The van der Waals surface area contributed by atoms with Crippen molar-refractivity contribution < 1.29 is 24.3 Å². The zero-order valence-corrected chi connectivity index (χ0v) is 30.4. The van der Waals surface area contributed by atoms with Gasteiger partial charge in [-0.25, -0.2) is 14.2 Å². The van der Waals surface area contributed by atoms with Crippen molar-refractivity contribution in [2.45, 2.75) is 32.7 Å². The van der Waals surface area contributed by atoms with Crippen molar-refractivity contribution in [3.05, 3.63) is 151 Å². The van der Waals surface area contributed by atoms with Gasteiger partial charge in [-0.15, -0.1) is 0 Å². The molecule has 0 radical (unpaired) electrons. The van der Waals surface area contributed by atoms with Crippen LogP contribution in [-0.2, 0) is 0 Å². The van der Waals surface area contributed by atoms with E-state index in [0.29, 0.717) is 33.6 Å². The van der Waals surface area contributed by atoms with E-state index < -0.39 is 5.97 Å². The van der Waals surface area contributed by atoms with Crippen LogP contribution in [0, 0.1) is 17.4 Å². The first-order valence-electron chi connectivity index (χ1n) is 16.3. The van der Waals surface area contributed by atoms with Gasteiger partial charge < -0.3 is 21.9 Å². The SMILES string of the molecule is Cc1ccc(C(=O)NC2CC2)cc1-n1ncc(C(=O)c2ccccc2)c1N.Cc1ccc(C(=O)O)cc1-n1ncc(C(=O)c2cccc(I)c2)c1N. The summed E-state index contributed by atoms with van der Waals surface area (Å²) in [5, 5.41) is 20.6. The van der Waals surface area contributed by atoms with Gasteiger partial charge in [0.05, 0.1) is 40.5 Å². The number of amides is 1. The number of carboxylic acid groups (broad SMARTS) is 1. The fraction of sp³-hybridized carbons (Fsp3) is 0.128. The van der Waals surface area contributed by atoms with E-state index in [9.17, 15) is 19.2 Å². The molecule has 1 fully saturated rings. The predicted octanol–water partition coefficient (Wildman–Crippen LogP) is 6.18. The van der Waals surface area contributed by atoms with Gasteiger partial charge in [0.1, 0.15) is 11.6 Å². The molecule has 2 heterocycles. The standard InChI is InChI=1S/C21H20N4O2.C18H14IN3O3/c1-13-7-8-15(21(27)24-16-9-10-16)11-18(13)25-20(22)17(12-23-25)19(26)14-5-3-2-4-6-14;1-10-5-6-12(18(24)25)8-15(10)22-17(20)14(9-21-22)16(23)11-3-2-4-13(19)7-11/h2-8,11-12,16H,9-10,22H2,1H3,(H,24,27);2-9H,20H2,1H3,(H,24,25). The molecule has 0 saturated heterocycles. The number of anilines is 2. The lowest BCUT2D eigenvalue weighted by molar-refractivity contribution is 0.0696. The van der Waals surface area contributed by atoms with Crippen LogP contribution in [-0.4, -0.2) is 54.2 Å². The molecular formula is C39H34IN7O5. The summed E-state index contributed by atoms with van der Waals surface area (Å²) in [6.45, 7) is 3.74. The number of aryl methyl sites for hydroxylation is 2. The number of aromatic carboxylic acids is 1. The maximum atomic E-state index is 12.7. The highest BCUT2D eigenvalue weighted by atomic mass is 127. The van der Waals surface area contributed by atoms with E-state index >= 15 is 0 Å². The number of hydrogen-bond acceptors (Lipinski definition) is 8. The molecule has 13 heteroatoms. The van der Waals surface area contributed by atoms with Gasteiger partial charge in [0.15, 0.2) is 11.6 Å². The molecule has 1 aliphatic carbocycles. The Bertz CT molecular complexity index is 2340. The summed E-state index contributed by atoms with van der Waals surface area (Å²) >= 11 is 2.14. The Labute approximate surface area is 312 Å². The second-order valence-corrected chi connectivity index (χ2v) is 13.5. The number of nitrogens with one attached hydrogen (secondary N) is 1. The van der Waals surface area contributed by atoms with E-state index in [0.717, 1.165) is 27.5 Å². The number of ketones is 2. The molecule has 0 spiro atoms. The van der Waals surface area contributed by atoms with E-state index in [1.165, 1.54) is 33.9 Å². The minimum Gasteiger partial charge on any atom is -0.478 e. The fourth-order valence-corrected chi connectivity index (χ4v) is 5.97. The zero-order valence-electron chi connectivity index (χ0n) is 28.2. The highest BCUT2D eigenvalue weighted by molar-refractivity contribution is 14.1. The number of hydrogen-bond donors (Lipinski definition) is 4. The Hall–Kier alpha value is -6.09. The molecule has 1 saturated carbocycles. The molecule has 52 heavy (non-hydrogen) atoms. The second kappa shape index (κ2) is 15.0. The molecular weight excluding hydrogens is 773 g/mol. The normalized spacial score (nSPS) is 12.1. The number of carbonyl (C=O) groups excluding carboxylic acids is 3. The Kier molecular flexibility index (Phi) is 10.3. The van der Waals surface area contributed by atoms with E-state index in [2.05, 4.69) is 38.1 Å². The highest BCUT2D eigenvalue weighted by Gasteiger charge is 2.25. The lowest BCUT2D eigenvalue weighted by Crippen LogP contribution is -2.25. The molecule has 0 aliphatic heterocycles. The Balaban J connectivity index is 0.000000179. The Morgan fingerprint density at radius 1 is 0.692 bits per heavy atom. The smallest absolute Gasteiger partial charge is 0.335 e. The van der Waals surface area contributed by atoms with Gasteiger partial charge in [0.25, 0.3) is 5.91 Å². The summed E-state index contributed by atoms with van der Waals surface area (Å²) in [6, 6.07) is 26.5. The van der Waals surface area contributed by atoms with Crippen molar-refractivity contribution in [1.29, 1.82) is 0 Å². The highest BCUT2D eigenvalue weighted by Crippen LogP contribution is 2.26. The molecule has 7 rings (SSSR count). The van der Waals surface area contributed by atoms with Crippen molar-refractivity contribution in [3.63, 3.8) is 0 Å². The molecule has 0 atom stereocenters. The maximum Gasteiger partial charge on any atom is 0.335 e. The van der Waals surface area contributed by atoms with E-state index in [-0.39, 0.29) is 46.3 Å². The third-order valence-corrected chi connectivity index (χ3v) is 9.19. The molecule has 2 aromatic heterocycles. The molecule has 4 aromatic carbocycles. The predicted molar refractivity (Wildman–Crippen MR) is 205 cm³/mol. The Morgan fingerprint density at radius 2 is 1.21 bits per heavy atom. The first-order chi connectivity index (χ1) is 24.9. The van der Waals surface area contributed by atoms with Gasteiger partial charge in [-0.1, -0.05) is 54.6 Å². The van der Waals surface area contributed by atoms with Gasteiger partial charge >= 0.3 is 5.97 Å². The number of nitrogen functional groups attached to an aromatic ring is 2. The lowest BCUT2D eigenvalue weighted by atomic mass is 10.1. The van der Waals surface area contributed by atoms with Crippen LogP contribution in [0.3, 0.4) is 0 Å². The number of nitrogens with zero attached hydrogens (tertiary/aromatic N) is 4. The van der Waals surface area contributed by atoms with Crippen LogP contribution in [0.4, 0.5) is 11.6 Å². The molecule has 262 valence electrons. The molecule has 1 amide bonds. The molecule has 6 aromatic rings. The second-order valence-electron chi connectivity index (χ2n) is 12.3. The fourth-order valence-electron chi connectivity index (χ4n) is 5.43. The first-order valence-corrected chi connectivity index (χ1v) is 17.3. The zero-order chi connectivity index (χ0) is 37.1. The topological polar surface area (TPSA) is 188 Å². The Morgan fingerprint density at radius 3 is 1.75 bits per heavy atom. The molecule has 1 aliphatic rings. The van der Waals surface area contributed by atoms with Crippen LogP contribution >= 0.6 is 22.6 Å². The summed E-state index contributed by atoms with van der Waals surface area (Å²) < 4.78 is 3.85. The van der Waals surface area contributed by atoms with Gasteiger partial charge in [-0.05, 0) is 96.8 Å². The van der Waals surface area contributed by atoms with Gasteiger partial charge in [0.2, 0.25) is 0 Å². The largest absolute Gasteiger partial charge is 0.478 e. The summed E-state index contributed by atoms with van der Waals surface area (Å²) in [7, 11) is 0. The van der Waals surface area contributed by atoms with Crippen LogP contribution in [0.25, 0.3) is 11.4 Å². The van der Waals surface area contributed by atoms with Crippen LogP contribution in [0.2, 0.25) is 0 Å². The van der Waals surface area contributed by atoms with Crippen LogP contribution in [0.15, 0.2) is 103 Å². The number of nitrogens with two attached hydrogens (primary N) is 2. The molecule has 6 N–H and O–H groups in total. The maximum absolute atomic E-state index is 12.7. The number of aromatic nitrogens is 4. The minimum atomic E-state index is -1.04. The van der Waals surface area contributed by atoms with E-state index in [4.69, 9.17) is 16.6 Å². The average molecular weight is 808 g/mol. The van der Waals surface area contributed by atoms with Gasteiger partial charge in [0, 0.05) is 26.3 Å². The van der Waals surface area contributed by atoms with Crippen LogP contribution < -0.4 is 16.8 Å². The molecule has 0 unspecified atom stereocenters. The van der Waals surface area contributed by atoms with Crippen molar-refractivity contribution in [3.8, 4) is 11.4 Å². The number of halogens is 1. The summed E-state index contributed by atoms with van der Waals surface area (Å²) in [5.41, 5.74) is 17.7. The van der Waals surface area contributed by atoms with E-state index in [1.807, 2.05) is 32.0 Å². The van der Waals surface area contributed by atoms with Crippen LogP contribution in [0.5, 0.6) is 0 Å². The first kappa shape index (κ1) is 35.7. The minimum absolute atomic E-state index is 0.106. The van der Waals surface area contributed by atoms with Crippen molar-refractivity contribution >= 4 is 57.7 Å². The summed E-state index contributed by atoms with van der Waals surface area (Å²) in [5.74, 6) is -1.12. The van der Waals surface area contributed by atoms with E-state index in [1.54, 1.807) is 60.7 Å². The van der Waals surface area contributed by atoms with Crippen molar-refractivity contribution in [2.75, 3.05) is 11.5 Å². The molecule has 12 nitrogen and oxygen atoms in total. The van der Waals surface area contributed by atoms with Crippen molar-refractivity contribution in [2.24, 2.45) is 0 Å². The number of benzene rings is 4. The summed E-state index contributed by atoms with van der Waals surface area (Å²) in [4.78, 5) is 48.9. The molecule has 0 bridgehead atoms. The lowest BCUT2D eigenvalue weighted by Gasteiger charge is -2.11. The monoisotopic (exact) mass is 807 g/mol. The van der Waals surface area contributed by atoms with Gasteiger partial charge in [-0.2, -0.15) is 10.2 Å². The number of carbonyl (C=O) groups is 4. The third kappa shape index (κ3) is 7.63. The average Bonchev–Trinajstić information content (AvgIpc) is 3.76. The quantitative estimate of drug-likeness (QED) is 0.0977. The van der Waals surface area contributed by atoms with Crippen LogP contribution in [0.1, 0.15) is 76.5 Å². The van der Waals surface area contributed by atoms with Gasteiger partial charge in [-0.3, -0.25) is 14.4 Å². The van der Waals surface area contributed by atoms with Crippen molar-refractivity contribution in [1.82, 2.24) is 24.9 Å². The summed E-state index contributed by atoms with van der Waals surface area (Å²) in [6.07, 6.45) is 4.94. The number of rotatable bonds is 9. The third-order valence-electron chi connectivity index (χ3n) is 8.52.